The lowest BCUT2D eigenvalue weighted by atomic mass is 9.91. The number of hydrogen-bond acceptors (Lipinski definition) is 4. The zero-order chi connectivity index (χ0) is 14.1. The van der Waals surface area contributed by atoms with Crippen molar-refractivity contribution in [2.45, 2.75) is 32.2 Å². The minimum atomic E-state index is -1.13. The Balaban J connectivity index is 1.59. The molecule has 2 heterocycles. The van der Waals surface area contributed by atoms with Crippen LogP contribution in [0.4, 0.5) is 0 Å². The van der Waals surface area contributed by atoms with Gasteiger partial charge in [0.05, 0.1) is 13.1 Å². The van der Waals surface area contributed by atoms with E-state index in [0.29, 0.717) is 4.91 Å². The zero-order valence-electron chi connectivity index (χ0n) is 12.3. The molecule has 0 N–H and O–H groups in total. The van der Waals surface area contributed by atoms with Gasteiger partial charge in [-0.3, -0.25) is 14.2 Å². The summed E-state index contributed by atoms with van der Waals surface area (Å²) in [5, 5.41) is 0. The van der Waals surface area contributed by atoms with E-state index in [1.165, 1.54) is 19.3 Å². The van der Waals surface area contributed by atoms with Crippen LogP contribution in [0.25, 0.3) is 0 Å². The second-order valence-electron chi connectivity index (χ2n) is 5.84. The monoisotopic (exact) mass is 296 g/mol. The third kappa shape index (κ3) is 2.63. The van der Waals surface area contributed by atoms with E-state index in [2.05, 4.69) is 21.4 Å². The van der Waals surface area contributed by atoms with Gasteiger partial charge in [0.15, 0.2) is 0 Å². The van der Waals surface area contributed by atoms with E-state index in [4.69, 9.17) is 0 Å². The molecule has 1 aliphatic carbocycles. The van der Waals surface area contributed by atoms with Gasteiger partial charge in [-0.1, -0.05) is 13.0 Å². The van der Waals surface area contributed by atoms with Crippen LogP contribution in [0.2, 0.25) is 0 Å². The summed E-state index contributed by atoms with van der Waals surface area (Å²) in [4.78, 5) is 10.2. The minimum Gasteiger partial charge on any atom is -0.339 e. The fourth-order valence-corrected chi connectivity index (χ4v) is 4.01. The van der Waals surface area contributed by atoms with Gasteiger partial charge in [-0.05, 0) is 19.8 Å². The highest BCUT2D eigenvalue weighted by molar-refractivity contribution is 7.87. The molecule has 1 unspecified atom stereocenters. The predicted octanol–water partition coefficient (Wildman–Crippen LogP) is 1.03. The van der Waals surface area contributed by atoms with Crippen LogP contribution in [-0.2, 0) is 11.0 Å². The van der Waals surface area contributed by atoms with Gasteiger partial charge in [-0.15, -0.1) is 0 Å². The van der Waals surface area contributed by atoms with E-state index in [-0.39, 0.29) is 0 Å². The van der Waals surface area contributed by atoms with E-state index in [0.717, 1.165) is 51.3 Å². The first-order valence-corrected chi connectivity index (χ1v) is 8.66. The third-order valence-electron chi connectivity index (χ3n) is 4.47. The van der Waals surface area contributed by atoms with Crippen LogP contribution in [0.3, 0.4) is 0 Å². The zero-order valence-corrected chi connectivity index (χ0v) is 13.1. The number of aliphatic imine (C=N–C) groups is 1. The van der Waals surface area contributed by atoms with Crippen LogP contribution in [0.15, 0.2) is 16.5 Å². The average molecular weight is 296 g/mol. The lowest BCUT2D eigenvalue weighted by molar-refractivity contribution is 0.0834. The Kier molecular flexibility index (Phi) is 4.12. The van der Waals surface area contributed by atoms with Crippen LogP contribution in [-0.4, -0.2) is 69.6 Å². The van der Waals surface area contributed by atoms with Crippen molar-refractivity contribution < 1.29 is 4.21 Å². The van der Waals surface area contributed by atoms with Crippen LogP contribution >= 0.6 is 0 Å². The SMILES string of the molecule is C=C(C)S(=O)N1CCN=C1N1CCN(C2CCC2)CC1. The maximum atomic E-state index is 12.2. The van der Waals surface area contributed by atoms with Gasteiger partial charge in [-0.25, -0.2) is 4.21 Å². The van der Waals surface area contributed by atoms with E-state index in [1.54, 1.807) is 0 Å². The molecule has 3 rings (SSSR count). The Morgan fingerprint density at radius 3 is 2.50 bits per heavy atom. The first kappa shape index (κ1) is 14.1. The number of guanidine groups is 1. The number of rotatable bonds is 3. The van der Waals surface area contributed by atoms with Crippen LogP contribution in [0.1, 0.15) is 26.2 Å². The molecule has 2 fully saturated rings. The lowest BCUT2D eigenvalue weighted by Gasteiger charge is -2.44. The van der Waals surface area contributed by atoms with Crippen molar-refractivity contribution >= 4 is 16.9 Å². The summed E-state index contributed by atoms with van der Waals surface area (Å²) >= 11 is 0. The number of piperazine rings is 1. The van der Waals surface area contributed by atoms with Gasteiger partial charge in [0.1, 0.15) is 11.0 Å². The van der Waals surface area contributed by atoms with E-state index in [9.17, 15) is 4.21 Å². The van der Waals surface area contributed by atoms with Crippen molar-refractivity contribution in [1.82, 2.24) is 14.1 Å². The topological polar surface area (TPSA) is 39.2 Å². The molecule has 3 aliphatic rings. The molecule has 0 radical (unpaired) electrons. The van der Waals surface area contributed by atoms with Gasteiger partial charge in [-0.2, -0.15) is 0 Å². The van der Waals surface area contributed by atoms with E-state index in [1.807, 2.05) is 11.2 Å². The summed E-state index contributed by atoms with van der Waals surface area (Å²) < 4.78 is 14.1. The van der Waals surface area contributed by atoms with Crippen molar-refractivity contribution in [3.63, 3.8) is 0 Å². The highest BCUT2D eigenvalue weighted by atomic mass is 32.2. The van der Waals surface area contributed by atoms with Crippen molar-refractivity contribution in [2.24, 2.45) is 4.99 Å². The predicted molar refractivity (Wildman–Crippen MR) is 82.7 cm³/mol. The molecule has 0 aromatic heterocycles. The molecule has 0 aromatic rings. The van der Waals surface area contributed by atoms with Crippen LogP contribution in [0, 0.1) is 0 Å². The molecule has 1 saturated carbocycles. The summed E-state index contributed by atoms with van der Waals surface area (Å²) in [6.07, 6.45) is 4.13. The first-order valence-electron chi connectivity index (χ1n) is 7.55. The number of nitrogens with zero attached hydrogens (tertiary/aromatic N) is 4. The molecule has 0 spiro atoms. The molecular formula is C14H24N4OS. The van der Waals surface area contributed by atoms with Crippen LogP contribution in [0.5, 0.6) is 0 Å². The number of allylic oxidation sites excluding steroid dienone is 1. The van der Waals surface area contributed by atoms with Crippen LogP contribution < -0.4 is 0 Å². The molecule has 1 saturated heterocycles. The summed E-state index contributed by atoms with van der Waals surface area (Å²) in [7, 11) is -1.13. The molecule has 0 amide bonds. The fraction of sp³-hybridized carbons (Fsp3) is 0.786. The Hall–Kier alpha value is -0.880. The number of hydrogen-bond donors (Lipinski definition) is 0. The lowest BCUT2D eigenvalue weighted by Crippen LogP contribution is -2.55. The fourth-order valence-electron chi connectivity index (χ4n) is 3.06. The van der Waals surface area contributed by atoms with Gasteiger partial charge >= 0.3 is 0 Å². The van der Waals surface area contributed by atoms with Crippen molar-refractivity contribution in [3.8, 4) is 0 Å². The first-order chi connectivity index (χ1) is 9.66. The Morgan fingerprint density at radius 1 is 1.25 bits per heavy atom. The maximum Gasteiger partial charge on any atom is 0.209 e. The molecule has 0 bridgehead atoms. The molecule has 5 nitrogen and oxygen atoms in total. The van der Waals surface area contributed by atoms with Gasteiger partial charge < -0.3 is 4.90 Å². The minimum absolute atomic E-state index is 0.702. The van der Waals surface area contributed by atoms with Gasteiger partial charge in [0.2, 0.25) is 5.96 Å². The standard InChI is InChI=1S/C14H24N4OS/c1-12(2)20(19)18-7-6-15-14(18)17-10-8-16(9-11-17)13-4-3-5-13/h13H,1,3-11H2,2H3. The molecule has 112 valence electrons. The molecule has 20 heavy (non-hydrogen) atoms. The Bertz CT molecular complexity index is 438. The smallest absolute Gasteiger partial charge is 0.209 e. The molecule has 0 aromatic carbocycles. The molecule has 1 atom stereocenters. The van der Waals surface area contributed by atoms with E-state index < -0.39 is 11.0 Å². The normalized spacial score (nSPS) is 26.4. The maximum absolute atomic E-state index is 12.2. The largest absolute Gasteiger partial charge is 0.339 e. The summed E-state index contributed by atoms with van der Waals surface area (Å²) in [6.45, 7) is 11.3. The summed E-state index contributed by atoms with van der Waals surface area (Å²) in [6, 6.07) is 0.823. The Labute approximate surface area is 123 Å². The van der Waals surface area contributed by atoms with Gasteiger partial charge in [0, 0.05) is 37.1 Å². The summed E-state index contributed by atoms with van der Waals surface area (Å²) in [5.74, 6) is 0.916. The molecular weight excluding hydrogens is 272 g/mol. The summed E-state index contributed by atoms with van der Waals surface area (Å²) in [5.41, 5.74) is 0. The van der Waals surface area contributed by atoms with E-state index >= 15 is 0 Å². The molecule has 2 aliphatic heterocycles. The third-order valence-corrected chi connectivity index (χ3v) is 5.81. The van der Waals surface area contributed by atoms with Crippen molar-refractivity contribution in [2.75, 3.05) is 39.3 Å². The molecule has 6 heteroatoms. The highest BCUT2D eigenvalue weighted by Crippen LogP contribution is 2.26. The Morgan fingerprint density at radius 2 is 1.95 bits per heavy atom. The quantitative estimate of drug-likeness (QED) is 0.781. The second kappa shape index (κ2) is 5.85. The second-order valence-corrected chi connectivity index (χ2v) is 7.48. The van der Waals surface area contributed by atoms with Crippen molar-refractivity contribution in [1.29, 1.82) is 0 Å². The highest BCUT2D eigenvalue weighted by Gasteiger charge is 2.32. The average Bonchev–Trinajstić information content (AvgIpc) is 2.85. The van der Waals surface area contributed by atoms with Gasteiger partial charge in [0.25, 0.3) is 0 Å². The van der Waals surface area contributed by atoms with Crippen molar-refractivity contribution in [3.05, 3.63) is 11.5 Å².